The third-order valence-corrected chi connectivity index (χ3v) is 4.41. The van der Waals surface area contributed by atoms with Crippen LogP contribution in [0.25, 0.3) is 0 Å². The first kappa shape index (κ1) is 16.1. The van der Waals surface area contributed by atoms with Crippen LogP contribution >= 0.6 is 31.9 Å². The number of carbonyl (C=O) groups excluding carboxylic acids is 1. The molecule has 0 bridgehead atoms. The van der Waals surface area contributed by atoms with Gasteiger partial charge in [0.05, 0.1) is 10.2 Å². The summed E-state index contributed by atoms with van der Waals surface area (Å²) < 4.78 is 18.0. The smallest absolute Gasteiger partial charge is 0.262 e. The molecule has 0 spiro atoms. The van der Waals surface area contributed by atoms with Crippen LogP contribution in [0.2, 0.25) is 0 Å². The van der Waals surface area contributed by atoms with Gasteiger partial charge in [-0.25, -0.2) is 0 Å². The Balaban J connectivity index is 1.65. The number of amides is 1. The lowest BCUT2D eigenvalue weighted by molar-refractivity contribution is -0.118. The minimum atomic E-state index is -0.266. The number of fused-ring (bicyclic) bond motifs is 1. The van der Waals surface area contributed by atoms with Crippen LogP contribution in [0, 0.1) is 0 Å². The van der Waals surface area contributed by atoms with Gasteiger partial charge in [0.2, 0.25) is 0 Å². The van der Waals surface area contributed by atoms with Gasteiger partial charge in [0.1, 0.15) is 19.0 Å². The SMILES string of the molecule is O=C(COc1ccccc1Br)Nc1cc2c(cc1Br)OCCO2. The predicted molar refractivity (Wildman–Crippen MR) is 93.4 cm³/mol. The number of halogens is 2. The molecule has 0 unspecified atom stereocenters. The molecular weight excluding hydrogens is 430 g/mol. The van der Waals surface area contributed by atoms with Crippen LogP contribution in [-0.4, -0.2) is 25.7 Å². The van der Waals surface area contributed by atoms with Crippen molar-refractivity contribution in [1.29, 1.82) is 0 Å². The van der Waals surface area contributed by atoms with Crippen LogP contribution in [0.15, 0.2) is 45.3 Å². The van der Waals surface area contributed by atoms with E-state index in [1.54, 1.807) is 18.2 Å². The fourth-order valence-corrected chi connectivity index (χ4v) is 2.87. The molecule has 1 heterocycles. The molecule has 120 valence electrons. The number of hydrogen-bond donors (Lipinski definition) is 1. The lowest BCUT2D eigenvalue weighted by Crippen LogP contribution is -2.21. The summed E-state index contributed by atoms with van der Waals surface area (Å²) >= 11 is 6.78. The van der Waals surface area contributed by atoms with Gasteiger partial charge < -0.3 is 19.5 Å². The molecule has 0 aromatic heterocycles. The van der Waals surface area contributed by atoms with Crippen LogP contribution in [0.4, 0.5) is 5.69 Å². The zero-order valence-corrected chi connectivity index (χ0v) is 15.1. The highest BCUT2D eigenvalue weighted by Gasteiger charge is 2.16. The fourth-order valence-electron chi connectivity index (χ4n) is 2.05. The van der Waals surface area contributed by atoms with Gasteiger partial charge in [-0.15, -0.1) is 0 Å². The Morgan fingerprint density at radius 2 is 1.78 bits per heavy atom. The molecule has 0 fully saturated rings. The largest absolute Gasteiger partial charge is 0.486 e. The molecule has 0 atom stereocenters. The maximum absolute atomic E-state index is 12.1. The van der Waals surface area contributed by atoms with Crippen molar-refractivity contribution in [1.82, 2.24) is 0 Å². The Morgan fingerprint density at radius 1 is 1.09 bits per heavy atom. The first-order chi connectivity index (χ1) is 11.1. The summed E-state index contributed by atoms with van der Waals surface area (Å²) in [6, 6.07) is 10.9. The first-order valence-corrected chi connectivity index (χ1v) is 8.48. The number of nitrogens with one attached hydrogen (secondary N) is 1. The van der Waals surface area contributed by atoms with Gasteiger partial charge in [0.25, 0.3) is 5.91 Å². The Hall–Kier alpha value is -1.73. The third-order valence-electron chi connectivity index (χ3n) is 3.10. The van der Waals surface area contributed by atoms with Crippen LogP contribution < -0.4 is 19.5 Å². The lowest BCUT2D eigenvalue weighted by atomic mass is 10.2. The second-order valence-electron chi connectivity index (χ2n) is 4.74. The van der Waals surface area contributed by atoms with Gasteiger partial charge in [-0.05, 0) is 44.0 Å². The van der Waals surface area contributed by atoms with E-state index in [0.717, 1.165) is 8.95 Å². The third kappa shape index (κ3) is 3.97. The maximum Gasteiger partial charge on any atom is 0.262 e. The summed E-state index contributed by atoms with van der Waals surface area (Å²) in [5.41, 5.74) is 0.606. The summed E-state index contributed by atoms with van der Waals surface area (Å²) in [7, 11) is 0. The summed E-state index contributed by atoms with van der Waals surface area (Å²) in [6.45, 7) is 0.918. The molecule has 2 aromatic carbocycles. The Labute approximate surface area is 150 Å². The van der Waals surface area contributed by atoms with E-state index in [9.17, 15) is 4.79 Å². The topological polar surface area (TPSA) is 56.8 Å². The number of para-hydroxylation sites is 1. The van der Waals surface area contributed by atoms with Crippen LogP contribution in [0.5, 0.6) is 17.2 Å². The molecular formula is C16H13Br2NO4. The van der Waals surface area contributed by atoms with Crippen molar-refractivity contribution in [3.05, 3.63) is 45.3 Å². The van der Waals surface area contributed by atoms with Gasteiger partial charge in [0.15, 0.2) is 18.1 Å². The predicted octanol–water partition coefficient (Wildman–Crippen LogP) is 4.00. The van der Waals surface area contributed by atoms with Crippen molar-refractivity contribution in [3.8, 4) is 17.2 Å². The quantitative estimate of drug-likeness (QED) is 0.777. The minimum Gasteiger partial charge on any atom is -0.486 e. The monoisotopic (exact) mass is 441 g/mol. The number of ether oxygens (including phenoxy) is 3. The van der Waals surface area contributed by atoms with E-state index in [4.69, 9.17) is 14.2 Å². The summed E-state index contributed by atoms with van der Waals surface area (Å²) in [5, 5.41) is 2.79. The highest BCUT2D eigenvalue weighted by atomic mass is 79.9. The van der Waals surface area contributed by atoms with Crippen molar-refractivity contribution in [3.63, 3.8) is 0 Å². The standard InChI is InChI=1S/C16H13Br2NO4/c17-10-3-1-2-4-13(10)23-9-16(20)19-12-8-15-14(7-11(12)18)21-5-6-22-15/h1-4,7-8H,5-6,9H2,(H,19,20). The minimum absolute atomic E-state index is 0.0938. The molecule has 3 rings (SSSR count). The Kier molecular flexibility index (Phi) is 5.07. The van der Waals surface area contributed by atoms with Crippen molar-refractivity contribution >= 4 is 43.5 Å². The van der Waals surface area contributed by atoms with Gasteiger partial charge in [0, 0.05) is 16.6 Å². The first-order valence-electron chi connectivity index (χ1n) is 6.90. The van der Waals surface area contributed by atoms with E-state index in [1.807, 2.05) is 18.2 Å². The van der Waals surface area contributed by atoms with Crippen LogP contribution in [0.3, 0.4) is 0 Å². The van der Waals surface area contributed by atoms with Crippen molar-refractivity contribution in [2.45, 2.75) is 0 Å². The molecule has 23 heavy (non-hydrogen) atoms. The summed E-state index contributed by atoms with van der Waals surface area (Å²) in [4.78, 5) is 12.1. The lowest BCUT2D eigenvalue weighted by Gasteiger charge is -2.20. The summed E-state index contributed by atoms with van der Waals surface area (Å²) in [5.74, 6) is 1.62. The van der Waals surface area contributed by atoms with Crippen molar-refractivity contribution in [2.75, 3.05) is 25.1 Å². The number of rotatable bonds is 4. The number of anilines is 1. The van der Waals surface area contributed by atoms with Crippen LogP contribution in [0.1, 0.15) is 0 Å². The molecule has 1 N–H and O–H groups in total. The Bertz CT molecular complexity index is 736. The average molecular weight is 443 g/mol. The normalized spacial score (nSPS) is 12.6. The fraction of sp³-hybridized carbons (Fsp3) is 0.188. The number of benzene rings is 2. The van der Waals surface area contributed by atoms with Gasteiger partial charge in [-0.3, -0.25) is 4.79 Å². The van der Waals surface area contributed by atoms with E-state index in [0.29, 0.717) is 36.1 Å². The zero-order valence-electron chi connectivity index (χ0n) is 12.0. The van der Waals surface area contributed by atoms with E-state index in [-0.39, 0.29) is 12.5 Å². The van der Waals surface area contributed by atoms with E-state index >= 15 is 0 Å². The van der Waals surface area contributed by atoms with Gasteiger partial charge in [-0.2, -0.15) is 0 Å². The molecule has 0 aliphatic carbocycles. The second kappa shape index (κ2) is 7.23. The number of carbonyl (C=O) groups is 1. The van der Waals surface area contributed by atoms with Crippen molar-refractivity contribution in [2.24, 2.45) is 0 Å². The molecule has 0 saturated carbocycles. The molecule has 1 amide bonds. The second-order valence-corrected chi connectivity index (χ2v) is 6.45. The zero-order chi connectivity index (χ0) is 16.2. The van der Waals surface area contributed by atoms with E-state index < -0.39 is 0 Å². The van der Waals surface area contributed by atoms with E-state index in [2.05, 4.69) is 37.2 Å². The van der Waals surface area contributed by atoms with E-state index in [1.165, 1.54) is 0 Å². The van der Waals surface area contributed by atoms with Gasteiger partial charge in [-0.1, -0.05) is 12.1 Å². The molecule has 2 aromatic rings. The van der Waals surface area contributed by atoms with Crippen molar-refractivity contribution < 1.29 is 19.0 Å². The summed E-state index contributed by atoms with van der Waals surface area (Å²) in [6.07, 6.45) is 0. The maximum atomic E-state index is 12.1. The highest BCUT2D eigenvalue weighted by molar-refractivity contribution is 9.11. The molecule has 7 heteroatoms. The average Bonchev–Trinajstić information content (AvgIpc) is 2.55. The molecule has 1 aliphatic heterocycles. The number of hydrogen-bond acceptors (Lipinski definition) is 4. The molecule has 1 aliphatic rings. The molecule has 5 nitrogen and oxygen atoms in total. The highest BCUT2D eigenvalue weighted by Crippen LogP contribution is 2.38. The molecule has 0 saturated heterocycles. The van der Waals surface area contributed by atoms with Gasteiger partial charge >= 0.3 is 0 Å². The Morgan fingerprint density at radius 3 is 2.52 bits per heavy atom. The van der Waals surface area contributed by atoms with Crippen LogP contribution in [-0.2, 0) is 4.79 Å². The molecule has 0 radical (unpaired) electrons.